The highest BCUT2D eigenvalue weighted by Gasteiger charge is 2.20. The first kappa shape index (κ1) is 14.9. The van der Waals surface area contributed by atoms with E-state index in [0.717, 1.165) is 11.1 Å². The van der Waals surface area contributed by atoms with Crippen LogP contribution in [-0.2, 0) is 11.2 Å². The van der Waals surface area contributed by atoms with Gasteiger partial charge in [-0.25, -0.2) is 4.79 Å². The molecule has 110 valence electrons. The third kappa shape index (κ3) is 4.24. The Bertz CT molecular complexity index is 622. The zero-order chi connectivity index (χ0) is 15.2. The Labute approximate surface area is 123 Å². The third-order valence-electron chi connectivity index (χ3n) is 3.10. The molecule has 2 aromatic carbocycles. The molecule has 0 saturated carbocycles. The topological polar surface area (TPSA) is 55.8 Å². The molecule has 0 amide bonds. The highest BCUT2D eigenvalue weighted by molar-refractivity contribution is 5.73. The second-order valence-electron chi connectivity index (χ2n) is 4.82. The lowest BCUT2D eigenvalue weighted by atomic mass is 10.1. The molecule has 1 N–H and O–H groups in total. The highest BCUT2D eigenvalue weighted by atomic mass is 16.5. The number of aliphatic carboxylic acids is 1. The van der Waals surface area contributed by atoms with Gasteiger partial charge in [-0.05, 0) is 24.6 Å². The Morgan fingerprint density at radius 2 is 1.86 bits per heavy atom. The third-order valence-corrected chi connectivity index (χ3v) is 3.10. The zero-order valence-electron chi connectivity index (χ0n) is 12.1. The second-order valence-corrected chi connectivity index (χ2v) is 4.82. The fourth-order valence-corrected chi connectivity index (χ4v) is 2.07. The number of benzene rings is 2. The van der Waals surface area contributed by atoms with E-state index in [1.54, 1.807) is 31.4 Å². The van der Waals surface area contributed by atoms with E-state index >= 15 is 0 Å². The van der Waals surface area contributed by atoms with E-state index in [1.807, 2.05) is 31.2 Å². The normalized spacial score (nSPS) is 11.7. The summed E-state index contributed by atoms with van der Waals surface area (Å²) in [5.74, 6) is 0.126. The minimum absolute atomic E-state index is 0.314. The quantitative estimate of drug-likeness (QED) is 0.886. The van der Waals surface area contributed by atoms with Crippen molar-refractivity contribution in [3.8, 4) is 11.5 Å². The molecule has 0 aliphatic rings. The van der Waals surface area contributed by atoms with E-state index in [1.165, 1.54) is 0 Å². The second kappa shape index (κ2) is 6.79. The Hall–Kier alpha value is -2.49. The van der Waals surface area contributed by atoms with E-state index in [4.69, 9.17) is 9.47 Å². The van der Waals surface area contributed by atoms with Crippen LogP contribution in [0.4, 0.5) is 0 Å². The molecule has 0 radical (unpaired) electrons. The summed E-state index contributed by atoms with van der Waals surface area (Å²) < 4.78 is 10.7. The summed E-state index contributed by atoms with van der Waals surface area (Å²) in [4.78, 5) is 11.4. The lowest BCUT2D eigenvalue weighted by molar-refractivity contribution is -0.145. The van der Waals surface area contributed by atoms with Gasteiger partial charge in [-0.3, -0.25) is 0 Å². The molecule has 4 nitrogen and oxygen atoms in total. The molecule has 0 bridgehead atoms. The van der Waals surface area contributed by atoms with Gasteiger partial charge in [-0.15, -0.1) is 0 Å². The van der Waals surface area contributed by atoms with Crippen LogP contribution in [0.3, 0.4) is 0 Å². The number of carbonyl (C=O) groups is 1. The minimum Gasteiger partial charge on any atom is -0.497 e. The summed E-state index contributed by atoms with van der Waals surface area (Å²) in [5.41, 5.74) is 2.03. The molecule has 2 aromatic rings. The van der Waals surface area contributed by atoms with Crippen LogP contribution >= 0.6 is 0 Å². The predicted octanol–water partition coefficient (Wildman–Crippen LogP) is 3.08. The smallest absolute Gasteiger partial charge is 0.345 e. The van der Waals surface area contributed by atoms with Gasteiger partial charge in [0.1, 0.15) is 11.5 Å². The number of rotatable bonds is 6. The van der Waals surface area contributed by atoms with Crippen molar-refractivity contribution in [2.24, 2.45) is 0 Å². The molecule has 0 unspecified atom stereocenters. The van der Waals surface area contributed by atoms with Gasteiger partial charge in [0, 0.05) is 12.5 Å². The van der Waals surface area contributed by atoms with Crippen molar-refractivity contribution < 1.29 is 19.4 Å². The fraction of sp³-hybridized carbons (Fsp3) is 0.235. The van der Waals surface area contributed by atoms with Crippen molar-refractivity contribution in [1.82, 2.24) is 0 Å². The van der Waals surface area contributed by atoms with Gasteiger partial charge in [0.05, 0.1) is 7.11 Å². The van der Waals surface area contributed by atoms with E-state index < -0.39 is 12.1 Å². The lowest BCUT2D eigenvalue weighted by Crippen LogP contribution is -2.29. The van der Waals surface area contributed by atoms with Crippen molar-refractivity contribution in [2.75, 3.05) is 7.11 Å². The van der Waals surface area contributed by atoms with Crippen LogP contribution in [0.1, 0.15) is 11.1 Å². The summed E-state index contributed by atoms with van der Waals surface area (Å²) >= 11 is 0. The summed E-state index contributed by atoms with van der Waals surface area (Å²) in [6.07, 6.45) is -0.618. The van der Waals surface area contributed by atoms with Crippen molar-refractivity contribution in [2.45, 2.75) is 19.4 Å². The zero-order valence-corrected chi connectivity index (χ0v) is 12.1. The summed E-state index contributed by atoms with van der Waals surface area (Å²) in [5, 5.41) is 9.34. The van der Waals surface area contributed by atoms with Crippen LogP contribution in [0.15, 0.2) is 48.5 Å². The molecule has 0 heterocycles. The maximum atomic E-state index is 11.4. The number of ether oxygens (including phenoxy) is 2. The van der Waals surface area contributed by atoms with Crippen LogP contribution in [0.5, 0.6) is 11.5 Å². The van der Waals surface area contributed by atoms with Crippen LogP contribution in [-0.4, -0.2) is 24.3 Å². The van der Waals surface area contributed by atoms with Gasteiger partial charge in [0.2, 0.25) is 0 Å². The molecular formula is C17H18O4. The standard InChI is InChI=1S/C17H18O4/c1-12-5-3-6-13(9-12)10-16(17(18)19)21-15-8-4-7-14(11-15)20-2/h3-9,11,16H,10H2,1-2H3,(H,18,19)/t16-/m0/s1. The molecule has 1 atom stereocenters. The Kier molecular flexibility index (Phi) is 4.82. The first-order chi connectivity index (χ1) is 10.1. The van der Waals surface area contributed by atoms with Crippen molar-refractivity contribution in [3.05, 3.63) is 59.7 Å². The highest BCUT2D eigenvalue weighted by Crippen LogP contribution is 2.21. The summed E-state index contributed by atoms with van der Waals surface area (Å²) in [7, 11) is 1.56. The maximum Gasteiger partial charge on any atom is 0.345 e. The maximum absolute atomic E-state index is 11.4. The van der Waals surface area contributed by atoms with Gasteiger partial charge in [-0.2, -0.15) is 0 Å². The largest absolute Gasteiger partial charge is 0.497 e. The molecule has 0 aliphatic carbocycles. The van der Waals surface area contributed by atoms with Crippen LogP contribution < -0.4 is 9.47 Å². The van der Waals surface area contributed by atoms with E-state index in [-0.39, 0.29) is 0 Å². The number of carboxylic acid groups (broad SMARTS) is 1. The average molecular weight is 286 g/mol. The number of hydrogen-bond acceptors (Lipinski definition) is 3. The number of hydrogen-bond donors (Lipinski definition) is 1. The Balaban J connectivity index is 2.13. The molecular weight excluding hydrogens is 268 g/mol. The van der Waals surface area contributed by atoms with Crippen LogP contribution in [0.25, 0.3) is 0 Å². The van der Waals surface area contributed by atoms with E-state index in [0.29, 0.717) is 17.9 Å². The minimum atomic E-state index is -0.987. The Morgan fingerprint density at radius 3 is 2.52 bits per heavy atom. The predicted molar refractivity (Wildman–Crippen MR) is 79.9 cm³/mol. The van der Waals surface area contributed by atoms with Gasteiger partial charge in [0.25, 0.3) is 0 Å². The van der Waals surface area contributed by atoms with Crippen molar-refractivity contribution in [1.29, 1.82) is 0 Å². The number of methoxy groups -OCH3 is 1. The molecule has 4 heteroatoms. The van der Waals surface area contributed by atoms with Gasteiger partial charge < -0.3 is 14.6 Å². The first-order valence-corrected chi connectivity index (χ1v) is 6.67. The Morgan fingerprint density at radius 1 is 1.14 bits per heavy atom. The molecule has 0 spiro atoms. The summed E-state index contributed by atoms with van der Waals surface area (Å²) in [6, 6.07) is 14.7. The lowest BCUT2D eigenvalue weighted by Gasteiger charge is -2.16. The molecule has 0 aliphatic heterocycles. The molecule has 2 rings (SSSR count). The van der Waals surface area contributed by atoms with Crippen molar-refractivity contribution in [3.63, 3.8) is 0 Å². The number of aryl methyl sites for hydroxylation is 1. The average Bonchev–Trinajstić information content (AvgIpc) is 2.47. The van der Waals surface area contributed by atoms with Crippen LogP contribution in [0.2, 0.25) is 0 Å². The molecule has 0 fully saturated rings. The van der Waals surface area contributed by atoms with E-state index in [2.05, 4.69) is 0 Å². The van der Waals surface area contributed by atoms with Gasteiger partial charge in [-0.1, -0.05) is 35.9 Å². The molecule has 21 heavy (non-hydrogen) atoms. The summed E-state index contributed by atoms with van der Waals surface area (Å²) in [6.45, 7) is 1.97. The fourth-order valence-electron chi connectivity index (χ4n) is 2.07. The van der Waals surface area contributed by atoms with Gasteiger partial charge >= 0.3 is 5.97 Å². The van der Waals surface area contributed by atoms with Gasteiger partial charge in [0.15, 0.2) is 6.10 Å². The van der Waals surface area contributed by atoms with Crippen molar-refractivity contribution >= 4 is 5.97 Å². The monoisotopic (exact) mass is 286 g/mol. The van der Waals surface area contributed by atoms with Crippen LogP contribution in [0, 0.1) is 6.92 Å². The molecule has 0 aromatic heterocycles. The first-order valence-electron chi connectivity index (χ1n) is 6.67. The SMILES string of the molecule is COc1cccc(O[C@@H](Cc2cccc(C)c2)C(=O)O)c1. The number of carboxylic acids is 1. The van der Waals surface area contributed by atoms with E-state index in [9.17, 15) is 9.90 Å². The molecule has 0 saturated heterocycles.